The molecule has 27 heavy (non-hydrogen) atoms. The van der Waals surface area contributed by atoms with Crippen molar-refractivity contribution in [1.82, 2.24) is 19.8 Å². The van der Waals surface area contributed by atoms with Gasteiger partial charge in [-0.15, -0.1) is 24.0 Å². The van der Waals surface area contributed by atoms with Gasteiger partial charge in [-0.2, -0.15) is 0 Å². The van der Waals surface area contributed by atoms with Crippen molar-refractivity contribution in [3.63, 3.8) is 0 Å². The number of halogens is 1. The Labute approximate surface area is 179 Å². The van der Waals surface area contributed by atoms with Gasteiger partial charge < -0.3 is 14.8 Å². The molecule has 2 unspecified atom stereocenters. The van der Waals surface area contributed by atoms with Crippen LogP contribution in [0.1, 0.15) is 36.8 Å². The highest BCUT2D eigenvalue weighted by molar-refractivity contribution is 14.0. The van der Waals surface area contributed by atoms with Crippen molar-refractivity contribution in [2.75, 3.05) is 20.1 Å². The maximum Gasteiger partial charge on any atom is 0.193 e. The van der Waals surface area contributed by atoms with Crippen LogP contribution in [0.25, 0.3) is 0 Å². The zero-order valence-corrected chi connectivity index (χ0v) is 18.4. The normalized spacial score (nSPS) is 22.3. The molecular weight excluding hydrogens is 449 g/mol. The number of nitrogens with one attached hydrogen (secondary N) is 1. The van der Waals surface area contributed by atoms with Crippen LogP contribution >= 0.6 is 24.0 Å². The fraction of sp³-hybridized carbons (Fsp3) is 0.524. The number of guanidine groups is 1. The summed E-state index contributed by atoms with van der Waals surface area (Å²) in [5.74, 6) is 2.81. The molecule has 1 aromatic heterocycles. The minimum Gasteiger partial charge on any atom is -0.352 e. The maximum absolute atomic E-state index is 4.55. The highest BCUT2D eigenvalue weighted by Gasteiger charge is 2.35. The van der Waals surface area contributed by atoms with E-state index in [4.69, 9.17) is 0 Å². The molecule has 4 rings (SSSR count). The van der Waals surface area contributed by atoms with Crippen LogP contribution in [0.5, 0.6) is 0 Å². The van der Waals surface area contributed by atoms with E-state index in [1.165, 1.54) is 49.9 Å². The number of hydrogen-bond donors (Lipinski definition) is 1. The fourth-order valence-corrected chi connectivity index (χ4v) is 4.52. The lowest BCUT2D eigenvalue weighted by atomic mass is 9.82. The number of nitrogens with zero attached hydrogens (tertiary/aromatic N) is 4. The van der Waals surface area contributed by atoms with Gasteiger partial charge in [-0.05, 0) is 35.8 Å². The Hall–Kier alpha value is -1.57. The fourth-order valence-electron chi connectivity index (χ4n) is 4.52. The van der Waals surface area contributed by atoms with E-state index < -0.39 is 0 Å². The molecule has 0 bridgehead atoms. The molecule has 1 saturated carbocycles. The summed E-state index contributed by atoms with van der Waals surface area (Å²) in [5.41, 5.74) is 2.59. The molecule has 2 atom stereocenters. The lowest BCUT2D eigenvalue weighted by molar-refractivity contribution is 0.299. The summed E-state index contributed by atoms with van der Waals surface area (Å²) in [6.45, 7) is 4.02. The summed E-state index contributed by atoms with van der Waals surface area (Å²) in [4.78, 5) is 11.1. The number of aliphatic imine (C=N–C) groups is 1. The van der Waals surface area contributed by atoms with E-state index in [0.717, 1.165) is 30.9 Å². The predicted octanol–water partition coefficient (Wildman–Crippen LogP) is 3.75. The first-order valence-corrected chi connectivity index (χ1v) is 9.81. The lowest BCUT2D eigenvalue weighted by Gasteiger charge is -2.22. The van der Waals surface area contributed by atoms with Gasteiger partial charge in [0.05, 0.1) is 6.33 Å². The van der Waals surface area contributed by atoms with Crippen LogP contribution in [-0.2, 0) is 13.1 Å². The van der Waals surface area contributed by atoms with E-state index in [1.54, 1.807) is 0 Å². The minimum atomic E-state index is 0. The summed E-state index contributed by atoms with van der Waals surface area (Å²) >= 11 is 0. The van der Waals surface area contributed by atoms with Crippen molar-refractivity contribution in [2.45, 2.75) is 38.8 Å². The monoisotopic (exact) mass is 479 g/mol. The molecule has 5 nitrogen and oxygen atoms in total. The van der Waals surface area contributed by atoms with Gasteiger partial charge in [-0.25, -0.2) is 4.98 Å². The van der Waals surface area contributed by atoms with E-state index in [9.17, 15) is 0 Å². The lowest BCUT2D eigenvalue weighted by Crippen LogP contribution is -2.39. The highest BCUT2D eigenvalue weighted by atomic mass is 127. The van der Waals surface area contributed by atoms with E-state index in [1.807, 2.05) is 25.8 Å². The molecule has 2 fully saturated rings. The van der Waals surface area contributed by atoms with Crippen molar-refractivity contribution >= 4 is 29.9 Å². The topological polar surface area (TPSA) is 45.5 Å². The molecule has 0 radical (unpaired) electrons. The van der Waals surface area contributed by atoms with Gasteiger partial charge in [0.1, 0.15) is 0 Å². The number of fused-ring (bicyclic) bond motifs is 1. The first kappa shape index (κ1) is 20.2. The third-order valence-electron chi connectivity index (χ3n) is 5.85. The maximum atomic E-state index is 4.55. The Balaban J connectivity index is 0.00000210. The number of rotatable bonds is 4. The molecule has 1 N–H and O–H groups in total. The molecule has 146 valence electrons. The minimum absolute atomic E-state index is 0. The number of aromatic nitrogens is 2. The second kappa shape index (κ2) is 9.57. The van der Waals surface area contributed by atoms with Crippen LogP contribution < -0.4 is 5.32 Å². The van der Waals surface area contributed by atoms with Crippen LogP contribution in [0.3, 0.4) is 0 Å². The summed E-state index contributed by atoms with van der Waals surface area (Å²) in [7, 11) is 1.90. The van der Waals surface area contributed by atoms with Crippen molar-refractivity contribution in [3.8, 4) is 0 Å². The van der Waals surface area contributed by atoms with Crippen LogP contribution in [0.2, 0.25) is 0 Å². The van der Waals surface area contributed by atoms with Crippen molar-refractivity contribution in [3.05, 3.63) is 54.1 Å². The van der Waals surface area contributed by atoms with Gasteiger partial charge in [0, 0.05) is 45.6 Å². The van der Waals surface area contributed by atoms with Crippen LogP contribution in [-0.4, -0.2) is 40.5 Å². The van der Waals surface area contributed by atoms with Crippen LogP contribution in [0.4, 0.5) is 0 Å². The van der Waals surface area contributed by atoms with Gasteiger partial charge in [0.25, 0.3) is 0 Å². The highest BCUT2D eigenvalue weighted by Crippen LogP contribution is 2.35. The Bertz CT molecular complexity index is 729. The zero-order chi connectivity index (χ0) is 17.8. The molecule has 0 amide bonds. The van der Waals surface area contributed by atoms with E-state index in [0.29, 0.717) is 0 Å². The Morgan fingerprint density at radius 2 is 1.93 bits per heavy atom. The number of imidazole rings is 1. The first-order chi connectivity index (χ1) is 12.8. The summed E-state index contributed by atoms with van der Waals surface area (Å²) in [6.07, 6.45) is 11.3. The molecule has 2 aromatic rings. The van der Waals surface area contributed by atoms with Gasteiger partial charge in [0.15, 0.2) is 5.96 Å². The van der Waals surface area contributed by atoms with E-state index in [2.05, 4.69) is 49.0 Å². The van der Waals surface area contributed by atoms with E-state index in [-0.39, 0.29) is 24.0 Å². The van der Waals surface area contributed by atoms with Crippen LogP contribution in [0.15, 0.2) is 48.0 Å². The molecule has 2 heterocycles. The number of hydrogen-bond acceptors (Lipinski definition) is 2. The molecule has 2 aliphatic rings. The Kier molecular flexibility index (Phi) is 7.15. The average molecular weight is 479 g/mol. The molecular formula is C21H30IN5. The quantitative estimate of drug-likeness (QED) is 0.413. The number of benzene rings is 1. The third-order valence-corrected chi connectivity index (χ3v) is 5.85. The second-order valence-electron chi connectivity index (χ2n) is 7.67. The van der Waals surface area contributed by atoms with Crippen LogP contribution in [0, 0.1) is 11.8 Å². The summed E-state index contributed by atoms with van der Waals surface area (Å²) < 4.78 is 2.09. The second-order valence-corrected chi connectivity index (χ2v) is 7.67. The largest absolute Gasteiger partial charge is 0.352 e. The average Bonchev–Trinajstić information content (AvgIpc) is 3.32. The SMILES string of the molecule is CN=C(NCc1cccc(Cn2ccnc2)c1)N1CC2CCCCC2C1.I. The smallest absolute Gasteiger partial charge is 0.193 e. The number of likely N-dealkylation sites (tertiary alicyclic amines) is 1. The predicted molar refractivity (Wildman–Crippen MR) is 120 cm³/mol. The Morgan fingerprint density at radius 1 is 1.19 bits per heavy atom. The van der Waals surface area contributed by atoms with Gasteiger partial charge in [-0.1, -0.05) is 37.1 Å². The molecule has 1 aliphatic carbocycles. The van der Waals surface area contributed by atoms with Gasteiger partial charge >= 0.3 is 0 Å². The molecule has 1 saturated heterocycles. The third kappa shape index (κ3) is 5.03. The van der Waals surface area contributed by atoms with Gasteiger partial charge in [0.2, 0.25) is 0 Å². The standard InChI is InChI=1S/C21H29N5.HI/c1-22-21(26-14-19-7-2-3-8-20(19)15-26)24-12-17-5-4-6-18(11-17)13-25-10-9-23-16-25;/h4-6,9-11,16,19-20H,2-3,7-8,12-15H2,1H3,(H,22,24);1H. The molecule has 0 spiro atoms. The summed E-state index contributed by atoms with van der Waals surface area (Å²) in [5, 5.41) is 3.58. The first-order valence-electron chi connectivity index (χ1n) is 9.81. The van der Waals surface area contributed by atoms with E-state index >= 15 is 0 Å². The molecule has 1 aliphatic heterocycles. The van der Waals surface area contributed by atoms with Crippen molar-refractivity contribution in [1.29, 1.82) is 0 Å². The summed E-state index contributed by atoms with van der Waals surface area (Å²) in [6, 6.07) is 8.76. The zero-order valence-electron chi connectivity index (χ0n) is 16.1. The van der Waals surface area contributed by atoms with Crippen molar-refractivity contribution in [2.24, 2.45) is 16.8 Å². The van der Waals surface area contributed by atoms with Crippen molar-refractivity contribution < 1.29 is 0 Å². The Morgan fingerprint density at radius 3 is 2.59 bits per heavy atom. The molecule has 6 heteroatoms. The molecule has 1 aromatic carbocycles. The van der Waals surface area contributed by atoms with Gasteiger partial charge in [-0.3, -0.25) is 4.99 Å².